The summed E-state index contributed by atoms with van der Waals surface area (Å²) in [5.74, 6) is -2.06. The molecule has 2 aliphatic rings. The molecule has 0 spiro atoms. The molecule has 1 fully saturated rings. The van der Waals surface area contributed by atoms with Crippen LogP contribution >= 0.6 is 11.8 Å². The molecule has 1 saturated heterocycles. The van der Waals surface area contributed by atoms with Crippen LogP contribution < -0.4 is 10.7 Å². The average Bonchev–Trinajstić information content (AvgIpc) is 3.12. The van der Waals surface area contributed by atoms with Gasteiger partial charge in [0.2, 0.25) is 12.3 Å². The van der Waals surface area contributed by atoms with Crippen LogP contribution in [0.5, 0.6) is 0 Å². The van der Waals surface area contributed by atoms with Gasteiger partial charge in [-0.25, -0.2) is 14.9 Å². The van der Waals surface area contributed by atoms with Gasteiger partial charge in [-0.15, -0.1) is 16.9 Å². The fourth-order valence-corrected chi connectivity index (χ4v) is 3.80. The Morgan fingerprint density at radius 2 is 2.31 bits per heavy atom. The molecule has 26 heavy (non-hydrogen) atoms. The quantitative estimate of drug-likeness (QED) is 0.195. The summed E-state index contributed by atoms with van der Waals surface area (Å²) in [7, 11) is 0. The summed E-state index contributed by atoms with van der Waals surface area (Å²) < 4.78 is 1.20. The molecule has 3 heterocycles. The number of carboxylic acid groups (broad SMARTS) is 1. The highest BCUT2D eigenvalue weighted by Gasteiger charge is 2.54. The van der Waals surface area contributed by atoms with Gasteiger partial charge in [0.15, 0.2) is 0 Å². The van der Waals surface area contributed by atoms with Crippen LogP contribution in [-0.4, -0.2) is 77.8 Å². The van der Waals surface area contributed by atoms with Crippen LogP contribution in [0.3, 0.4) is 0 Å². The number of nitrogens with zero attached hydrogens (tertiary/aromatic N) is 6. The molecule has 3 N–H and O–H groups in total. The molecule has 2 atom stereocenters. The smallest absolute Gasteiger partial charge is 0.353 e. The highest BCUT2D eigenvalue weighted by molar-refractivity contribution is 8.00. The van der Waals surface area contributed by atoms with Crippen LogP contribution in [0.15, 0.2) is 22.7 Å². The summed E-state index contributed by atoms with van der Waals surface area (Å²) in [6.07, 6.45) is 2.77. The zero-order valence-electron chi connectivity index (χ0n) is 13.0. The number of aliphatic carboxylic acids is 1. The first kappa shape index (κ1) is 17.5. The third-order valence-electron chi connectivity index (χ3n) is 3.56. The molecule has 0 saturated carbocycles. The predicted molar refractivity (Wildman–Crippen MR) is 85.2 cm³/mol. The van der Waals surface area contributed by atoms with E-state index >= 15 is 0 Å². The van der Waals surface area contributed by atoms with E-state index in [4.69, 9.17) is 0 Å². The Morgan fingerprint density at radius 3 is 2.96 bits per heavy atom. The average molecular weight is 380 g/mol. The monoisotopic (exact) mass is 380 g/mol. The molecule has 136 valence electrons. The van der Waals surface area contributed by atoms with Gasteiger partial charge in [-0.05, 0) is 10.4 Å². The first-order valence-electron chi connectivity index (χ1n) is 7.16. The van der Waals surface area contributed by atoms with Crippen molar-refractivity contribution in [3.63, 3.8) is 0 Å². The molecule has 2 aliphatic heterocycles. The van der Waals surface area contributed by atoms with Gasteiger partial charge in [-0.3, -0.25) is 19.3 Å². The number of nitrogens with one attached hydrogen (secondary N) is 2. The number of hydrogen-bond acceptors (Lipinski definition) is 9. The van der Waals surface area contributed by atoms with Crippen LogP contribution in [0.25, 0.3) is 0 Å². The lowest BCUT2D eigenvalue weighted by atomic mass is 10.0. The van der Waals surface area contributed by atoms with Crippen molar-refractivity contribution in [2.75, 3.05) is 5.75 Å². The van der Waals surface area contributed by atoms with E-state index in [2.05, 4.69) is 25.9 Å². The molecule has 1 aromatic heterocycles. The van der Waals surface area contributed by atoms with Crippen molar-refractivity contribution < 1.29 is 24.3 Å². The lowest BCUT2D eigenvalue weighted by molar-refractivity contribution is -0.150. The van der Waals surface area contributed by atoms with E-state index in [-0.39, 0.29) is 23.6 Å². The van der Waals surface area contributed by atoms with Crippen LogP contribution in [0.1, 0.15) is 0 Å². The molecule has 1 unspecified atom stereocenters. The van der Waals surface area contributed by atoms with E-state index in [1.165, 1.54) is 29.0 Å². The van der Waals surface area contributed by atoms with Gasteiger partial charge in [0, 0.05) is 11.3 Å². The molecule has 13 nitrogen and oxygen atoms in total. The van der Waals surface area contributed by atoms with Crippen LogP contribution in [0, 0.1) is 0 Å². The number of thioether (sulfide) groups is 1. The number of tetrazole rings is 1. The number of carbonyl (C=O) groups is 4. The van der Waals surface area contributed by atoms with Gasteiger partial charge in [-0.2, -0.15) is 5.10 Å². The van der Waals surface area contributed by atoms with Gasteiger partial charge in [0.1, 0.15) is 30.0 Å². The zero-order valence-corrected chi connectivity index (χ0v) is 13.8. The summed E-state index contributed by atoms with van der Waals surface area (Å²) in [6, 6.07) is -0.843. The van der Waals surface area contributed by atoms with Crippen LogP contribution in [-0.2, 0) is 25.7 Å². The van der Waals surface area contributed by atoms with E-state index in [1.54, 1.807) is 0 Å². The van der Waals surface area contributed by atoms with Crippen molar-refractivity contribution in [2.45, 2.75) is 18.0 Å². The van der Waals surface area contributed by atoms with E-state index in [9.17, 15) is 24.3 Å². The van der Waals surface area contributed by atoms with Crippen molar-refractivity contribution in [2.24, 2.45) is 5.10 Å². The Morgan fingerprint density at radius 1 is 1.50 bits per heavy atom. The molecular formula is C12H12N8O5S. The van der Waals surface area contributed by atoms with Crippen molar-refractivity contribution in [3.8, 4) is 0 Å². The summed E-state index contributed by atoms with van der Waals surface area (Å²) in [4.78, 5) is 47.2. The number of rotatable bonds is 7. The minimum atomic E-state index is -1.30. The molecule has 1 aromatic rings. The fourth-order valence-electron chi connectivity index (χ4n) is 2.51. The van der Waals surface area contributed by atoms with Crippen LogP contribution in [0.4, 0.5) is 0 Å². The first-order chi connectivity index (χ1) is 12.5. The number of fused-ring (bicyclic) bond motifs is 1. The maximum atomic E-state index is 12.4. The van der Waals surface area contributed by atoms with Crippen molar-refractivity contribution in [1.82, 2.24) is 35.8 Å². The van der Waals surface area contributed by atoms with E-state index < -0.39 is 29.2 Å². The maximum Gasteiger partial charge on any atom is 0.353 e. The summed E-state index contributed by atoms with van der Waals surface area (Å²) in [6.45, 7) is -0.162. The zero-order chi connectivity index (χ0) is 18.7. The number of hydrazone groups is 1. The lowest BCUT2D eigenvalue weighted by Gasteiger charge is -2.49. The predicted octanol–water partition coefficient (Wildman–Crippen LogP) is -2.86. The summed E-state index contributed by atoms with van der Waals surface area (Å²) >= 11 is 1.28. The molecule has 0 aliphatic carbocycles. The number of carbonyl (C=O) groups excluding carboxylic acids is 3. The Hall–Kier alpha value is -3.29. The van der Waals surface area contributed by atoms with Crippen molar-refractivity contribution >= 4 is 42.2 Å². The Bertz CT molecular complexity index is 807. The summed E-state index contributed by atoms with van der Waals surface area (Å²) in [5.41, 5.74) is 2.10. The van der Waals surface area contributed by atoms with E-state index in [0.717, 1.165) is 4.90 Å². The normalized spacial score (nSPS) is 22.0. The van der Waals surface area contributed by atoms with Crippen LogP contribution in [0.2, 0.25) is 0 Å². The third-order valence-corrected chi connectivity index (χ3v) is 4.86. The largest absolute Gasteiger partial charge is 0.477 e. The minimum absolute atomic E-state index is 0.162. The second-order valence-electron chi connectivity index (χ2n) is 5.15. The Kier molecular flexibility index (Phi) is 4.92. The molecule has 14 heteroatoms. The molecule has 3 rings (SSSR count). The van der Waals surface area contributed by atoms with Crippen molar-refractivity contribution in [3.05, 3.63) is 17.6 Å². The molecule has 3 amide bonds. The number of hydrogen-bond donors (Lipinski definition) is 3. The third kappa shape index (κ3) is 3.26. The highest BCUT2D eigenvalue weighted by atomic mass is 32.2. The minimum Gasteiger partial charge on any atom is -0.477 e. The molecule has 0 radical (unpaired) electrons. The Labute approximate surface area is 149 Å². The van der Waals surface area contributed by atoms with Crippen molar-refractivity contribution in [1.29, 1.82) is 0 Å². The number of carboxylic acids is 1. The second-order valence-corrected chi connectivity index (χ2v) is 6.25. The number of amides is 3. The van der Waals surface area contributed by atoms with E-state index in [1.807, 2.05) is 5.43 Å². The SMILES string of the molecule is O=CNN=CC1=C(C(=O)O)N2C(=O)C(NC(=O)Cn3cnnn3)[C@@H]2SC1. The van der Waals surface area contributed by atoms with Gasteiger partial charge >= 0.3 is 5.97 Å². The first-order valence-corrected chi connectivity index (χ1v) is 8.21. The van der Waals surface area contributed by atoms with Gasteiger partial charge < -0.3 is 10.4 Å². The number of aromatic nitrogens is 4. The maximum absolute atomic E-state index is 12.4. The van der Waals surface area contributed by atoms with Gasteiger partial charge in [-0.1, -0.05) is 0 Å². The lowest BCUT2D eigenvalue weighted by Crippen LogP contribution is -2.70. The van der Waals surface area contributed by atoms with Gasteiger partial charge in [0.05, 0.1) is 6.21 Å². The second kappa shape index (κ2) is 7.30. The molecule has 0 aromatic carbocycles. The van der Waals surface area contributed by atoms with E-state index in [0.29, 0.717) is 6.41 Å². The Balaban J connectivity index is 1.71. The molecule has 0 bridgehead atoms. The topological polar surface area (TPSA) is 172 Å². The van der Waals surface area contributed by atoms with Gasteiger partial charge in [0.25, 0.3) is 5.91 Å². The number of β-lactam (4-membered cyclic amide) rings is 1. The highest BCUT2D eigenvalue weighted by Crippen LogP contribution is 2.39. The summed E-state index contributed by atoms with van der Waals surface area (Å²) in [5, 5.41) is 25.3. The molecular weight excluding hydrogens is 368 g/mol. The standard InChI is InChI=1S/C12H12N8O5S/c21-5-15-13-1-6-3-26-11-8(10(23)20(11)9(6)12(24)25)16-7(22)2-19-4-14-17-18-19/h1,4-5,8,11H,2-3H2,(H,15,21)(H,16,22)(H,24,25)/t8?,11-/m0/s1. The fraction of sp³-hybridized carbons (Fsp3) is 0.333.